The highest BCUT2D eigenvalue weighted by molar-refractivity contribution is 5.98. The molecule has 6 nitrogen and oxygen atoms in total. The Labute approximate surface area is 207 Å². The number of hydrogen-bond donors (Lipinski definition) is 3. The minimum absolute atomic E-state index is 0.0370. The van der Waals surface area contributed by atoms with Crippen LogP contribution in [0.15, 0.2) is 29.4 Å². The summed E-state index contributed by atoms with van der Waals surface area (Å²) >= 11 is 0. The number of ether oxygens (including phenoxy) is 1. The zero-order valence-corrected chi connectivity index (χ0v) is 21.9. The quantitative estimate of drug-likeness (QED) is 0.0667. The van der Waals surface area contributed by atoms with Crippen LogP contribution in [0.3, 0.4) is 0 Å². The van der Waals surface area contributed by atoms with Crippen LogP contribution in [0, 0.1) is 11.3 Å². The van der Waals surface area contributed by atoms with Gasteiger partial charge in [0.05, 0.1) is 5.41 Å². The maximum absolute atomic E-state index is 10.4. The normalized spacial score (nSPS) is 16.3. The Hall–Kier alpha value is -2.08. The summed E-state index contributed by atoms with van der Waals surface area (Å²) in [5.41, 5.74) is 7.09. The lowest BCUT2D eigenvalue weighted by atomic mass is 9.88. The monoisotopic (exact) mass is 475 g/mol. The number of aryl methyl sites for hydroxylation is 1. The summed E-state index contributed by atoms with van der Waals surface area (Å²) in [6, 6.07) is 8.83. The molecule has 0 spiro atoms. The van der Waals surface area contributed by atoms with E-state index in [9.17, 15) is 4.79 Å². The SMILES string of the molecule is CCC(C)(C=O)/C(N)=N/O.CNc1ccc(CCCCCCCCOCC2CCCCC2)cc1. The molecule has 1 aromatic rings. The van der Waals surface area contributed by atoms with Crippen LogP contribution in [-0.4, -0.2) is 37.6 Å². The highest BCUT2D eigenvalue weighted by atomic mass is 16.5. The zero-order chi connectivity index (χ0) is 25.1. The molecule has 1 atom stereocenters. The minimum atomic E-state index is -0.811. The molecule has 0 radical (unpaired) electrons. The van der Waals surface area contributed by atoms with Gasteiger partial charge in [-0.2, -0.15) is 0 Å². The lowest BCUT2D eigenvalue weighted by Crippen LogP contribution is -2.35. The first-order valence-corrected chi connectivity index (χ1v) is 13.3. The first-order chi connectivity index (χ1) is 16.5. The molecule has 0 heterocycles. The average Bonchev–Trinajstić information content (AvgIpc) is 2.90. The van der Waals surface area contributed by atoms with Crippen molar-refractivity contribution in [2.45, 2.75) is 97.3 Å². The molecule has 1 saturated carbocycles. The number of nitrogens with two attached hydrogens (primary N) is 1. The van der Waals surface area contributed by atoms with E-state index in [0.717, 1.165) is 19.1 Å². The van der Waals surface area contributed by atoms with Crippen LogP contribution >= 0.6 is 0 Å². The van der Waals surface area contributed by atoms with E-state index >= 15 is 0 Å². The summed E-state index contributed by atoms with van der Waals surface area (Å²) in [5.74, 6) is 0.825. The third kappa shape index (κ3) is 12.4. The van der Waals surface area contributed by atoms with Gasteiger partial charge in [0.1, 0.15) is 6.29 Å². The Bertz CT molecular complexity index is 672. The molecule has 34 heavy (non-hydrogen) atoms. The summed E-state index contributed by atoms with van der Waals surface area (Å²) in [7, 11) is 1.97. The summed E-state index contributed by atoms with van der Waals surface area (Å²) in [5, 5.41) is 14.2. The maximum Gasteiger partial charge on any atom is 0.152 e. The highest BCUT2D eigenvalue weighted by Gasteiger charge is 2.26. The van der Waals surface area contributed by atoms with Crippen LogP contribution in [0.4, 0.5) is 5.69 Å². The molecular weight excluding hydrogens is 426 g/mol. The van der Waals surface area contributed by atoms with Crippen LogP contribution in [0.2, 0.25) is 0 Å². The Kier molecular flexibility index (Phi) is 16.1. The van der Waals surface area contributed by atoms with E-state index in [1.54, 1.807) is 13.8 Å². The van der Waals surface area contributed by atoms with Gasteiger partial charge in [0.2, 0.25) is 0 Å². The lowest BCUT2D eigenvalue weighted by Gasteiger charge is -2.21. The van der Waals surface area contributed by atoms with Gasteiger partial charge < -0.3 is 25.8 Å². The first-order valence-electron chi connectivity index (χ1n) is 13.3. The number of aldehydes is 1. The van der Waals surface area contributed by atoms with Crippen molar-refractivity contribution in [1.29, 1.82) is 0 Å². The molecule has 1 aliphatic rings. The molecule has 0 amide bonds. The fourth-order valence-electron chi connectivity index (χ4n) is 4.12. The summed E-state index contributed by atoms with van der Waals surface area (Å²) < 4.78 is 5.87. The summed E-state index contributed by atoms with van der Waals surface area (Å²) in [4.78, 5) is 10.4. The molecule has 0 saturated heterocycles. The van der Waals surface area contributed by atoms with Crippen LogP contribution in [0.5, 0.6) is 0 Å². The van der Waals surface area contributed by atoms with Crippen molar-refractivity contribution in [1.82, 2.24) is 0 Å². The molecule has 4 N–H and O–H groups in total. The zero-order valence-electron chi connectivity index (χ0n) is 21.9. The van der Waals surface area contributed by atoms with E-state index in [-0.39, 0.29) is 5.84 Å². The highest BCUT2D eigenvalue weighted by Crippen LogP contribution is 2.23. The van der Waals surface area contributed by atoms with E-state index in [1.165, 1.54) is 88.3 Å². The second-order valence-electron chi connectivity index (χ2n) is 9.77. The van der Waals surface area contributed by atoms with Crippen LogP contribution < -0.4 is 11.1 Å². The standard InChI is InChI=1S/C22H37NO.C6H12N2O2/c1-23-22-16-14-20(15-17-22)11-7-4-2-3-5-10-18-24-19-21-12-8-6-9-13-21;1-3-6(2,4-9)5(7)8-10/h14-17,21,23H,2-13,18-19H2,1H3;4,10H,3H2,1-2H3,(H2,7,8). The number of anilines is 1. The van der Waals surface area contributed by atoms with E-state index in [0.29, 0.717) is 12.7 Å². The number of nitrogens with one attached hydrogen (secondary N) is 1. The molecule has 1 unspecified atom stereocenters. The van der Waals surface area contributed by atoms with Gasteiger partial charge in [-0.05, 0) is 69.1 Å². The minimum Gasteiger partial charge on any atom is -0.409 e. The molecule has 1 aromatic carbocycles. The predicted octanol–water partition coefficient (Wildman–Crippen LogP) is 6.56. The molecule has 194 valence electrons. The Morgan fingerprint density at radius 2 is 1.74 bits per heavy atom. The number of unbranched alkanes of at least 4 members (excludes halogenated alkanes) is 5. The fourth-order valence-corrected chi connectivity index (χ4v) is 4.12. The van der Waals surface area contributed by atoms with Gasteiger partial charge in [-0.1, -0.05) is 69.2 Å². The van der Waals surface area contributed by atoms with Crippen molar-refractivity contribution in [3.8, 4) is 0 Å². The van der Waals surface area contributed by atoms with Crippen molar-refractivity contribution >= 4 is 17.8 Å². The Morgan fingerprint density at radius 1 is 1.12 bits per heavy atom. The molecule has 0 bridgehead atoms. The maximum atomic E-state index is 10.4. The van der Waals surface area contributed by atoms with Crippen molar-refractivity contribution in [2.24, 2.45) is 22.2 Å². The van der Waals surface area contributed by atoms with Gasteiger partial charge in [0.15, 0.2) is 5.84 Å². The van der Waals surface area contributed by atoms with Gasteiger partial charge in [0.25, 0.3) is 0 Å². The van der Waals surface area contributed by atoms with Crippen molar-refractivity contribution < 1.29 is 14.7 Å². The number of carbonyl (C=O) groups is 1. The van der Waals surface area contributed by atoms with Crippen molar-refractivity contribution in [2.75, 3.05) is 25.6 Å². The first kappa shape index (κ1) is 30.0. The molecule has 0 aromatic heterocycles. The molecular formula is C28H49N3O3. The summed E-state index contributed by atoms with van der Waals surface area (Å²) in [6.45, 7) is 5.42. The molecule has 1 aliphatic carbocycles. The van der Waals surface area contributed by atoms with Gasteiger partial charge in [-0.3, -0.25) is 0 Å². The van der Waals surface area contributed by atoms with E-state index in [1.807, 2.05) is 7.05 Å². The third-order valence-electron chi connectivity index (χ3n) is 7.01. The number of carbonyl (C=O) groups excluding carboxylic acids is 1. The topological polar surface area (TPSA) is 96.9 Å². The van der Waals surface area contributed by atoms with Gasteiger partial charge >= 0.3 is 0 Å². The number of nitrogens with zero attached hydrogens (tertiary/aromatic N) is 1. The van der Waals surface area contributed by atoms with E-state index < -0.39 is 5.41 Å². The van der Waals surface area contributed by atoms with Crippen LogP contribution in [-0.2, 0) is 16.0 Å². The fraction of sp³-hybridized carbons (Fsp3) is 0.714. The average molecular weight is 476 g/mol. The van der Waals surface area contributed by atoms with E-state index in [2.05, 4.69) is 34.7 Å². The second-order valence-corrected chi connectivity index (χ2v) is 9.77. The van der Waals surface area contributed by atoms with Crippen LogP contribution in [0.1, 0.15) is 96.5 Å². The number of benzene rings is 1. The molecule has 0 aliphatic heterocycles. The van der Waals surface area contributed by atoms with Crippen LogP contribution in [0.25, 0.3) is 0 Å². The largest absolute Gasteiger partial charge is 0.409 e. The molecule has 1 fully saturated rings. The van der Waals surface area contributed by atoms with E-state index in [4.69, 9.17) is 15.7 Å². The number of amidine groups is 1. The molecule has 2 rings (SSSR count). The smallest absolute Gasteiger partial charge is 0.152 e. The number of hydrogen-bond acceptors (Lipinski definition) is 5. The molecule has 6 heteroatoms. The number of rotatable bonds is 15. The Balaban J connectivity index is 0.000000489. The summed E-state index contributed by atoms with van der Waals surface area (Å²) in [6.07, 6.45) is 17.5. The number of oxime groups is 1. The Morgan fingerprint density at radius 3 is 2.26 bits per heavy atom. The van der Waals surface area contributed by atoms with Gasteiger partial charge in [0, 0.05) is 25.9 Å². The predicted molar refractivity (Wildman–Crippen MR) is 143 cm³/mol. The van der Waals surface area contributed by atoms with Gasteiger partial charge in [-0.25, -0.2) is 0 Å². The van der Waals surface area contributed by atoms with Crippen molar-refractivity contribution in [3.05, 3.63) is 29.8 Å². The van der Waals surface area contributed by atoms with Gasteiger partial charge in [-0.15, -0.1) is 0 Å². The van der Waals surface area contributed by atoms with Crippen molar-refractivity contribution in [3.63, 3.8) is 0 Å². The lowest BCUT2D eigenvalue weighted by molar-refractivity contribution is -0.112. The third-order valence-corrected chi connectivity index (χ3v) is 7.01. The second kappa shape index (κ2) is 18.3.